The highest BCUT2D eigenvalue weighted by atomic mass is 16.1. The van der Waals surface area contributed by atoms with E-state index in [9.17, 15) is 9.59 Å². The summed E-state index contributed by atoms with van der Waals surface area (Å²) < 4.78 is 0. The number of nitrogens with two attached hydrogens (primary N) is 1. The van der Waals surface area contributed by atoms with Crippen molar-refractivity contribution in [3.63, 3.8) is 0 Å². The Morgan fingerprint density at radius 3 is 2.27 bits per heavy atom. The van der Waals surface area contributed by atoms with Crippen molar-refractivity contribution in [3.8, 4) is 0 Å². The van der Waals surface area contributed by atoms with Crippen LogP contribution in [0.25, 0.3) is 0 Å². The van der Waals surface area contributed by atoms with Crippen molar-refractivity contribution in [2.45, 2.75) is 63.8 Å². The van der Waals surface area contributed by atoms with Gasteiger partial charge in [-0.05, 0) is 91.9 Å². The minimum absolute atomic E-state index is 0.371. The van der Waals surface area contributed by atoms with Crippen molar-refractivity contribution >= 4 is 11.7 Å². The van der Waals surface area contributed by atoms with Crippen molar-refractivity contribution in [3.05, 3.63) is 70.3 Å². The average Bonchev–Trinajstić information content (AvgIpc) is 3.27. The van der Waals surface area contributed by atoms with E-state index in [0.717, 1.165) is 32.2 Å². The lowest BCUT2D eigenvalue weighted by Crippen LogP contribution is -2.18. The molecule has 4 nitrogen and oxygen atoms in total. The number of aryl methyl sites for hydroxylation is 2. The van der Waals surface area contributed by atoms with Crippen LogP contribution in [0, 0.1) is 0 Å². The lowest BCUT2D eigenvalue weighted by molar-refractivity contribution is -0.120. The number of rotatable bonds is 7. The molecule has 2 fully saturated rings. The fourth-order valence-corrected chi connectivity index (χ4v) is 4.91. The van der Waals surface area contributed by atoms with Gasteiger partial charge in [0.2, 0.25) is 5.91 Å². The van der Waals surface area contributed by atoms with E-state index >= 15 is 0 Å². The number of ketones is 1. The second-order valence-corrected chi connectivity index (χ2v) is 8.89. The zero-order chi connectivity index (χ0) is 20.9. The molecule has 4 heteroatoms. The van der Waals surface area contributed by atoms with Gasteiger partial charge in [-0.1, -0.05) is 30.3 Å². The molecule has 1 amide bonds. The molecule has 0 aromatic heterocycles. The van der Waals surface area contributed by atoms with Crippen molar-refractivity contribution < 1.29 is 9.59 Å². The van der Waals surface area contributed by atoms with E-state index in [1.807, 2.05) is 12.1 Å². The SMILES string of the molecule is NC(=O)c1ccc(C2CCC(=O)CC2)c(CCc2ccc(CN3CCCC3)cc2)c1. The summed E-state index contributed by atoms with van der Waals surface area (Å²) in [5.41, 5.74) is 11.3. The number of benzene rings is 2. The Bertz CT molecular complexity index is 888. The highest BCUT2D eigenvalue weighted by Crippen LogP contribution is 2.34. The summed E-state index contributed by atoms with van der Waals surface area (Å²) in [6.07, 6.45) is 7.61. The molecule has 2 aliphatic rings. The molecule has 4 rings (SSSR count). The molecule has 158 valence electrons. The first-order chi connectivity index (χ1) is 14.6. The molecule has 2 N–H and O–H groups in total. The number of primary amides is 1. The molecule has 2 aromatic rings. The van der Waals surface area contributed by atoms with Gasteiger partial charge in [0.05, 0.1) is 0 Å². The molecule has 1 aliphatic heterocycles. The molecule has 2 aromatic carbocycles. The molecule has 0 bridgehead atoms. The number of nitrogens with zero attached hydrogens (tertiary/aromatic N) is 1. The molecule has 0 atom stereocenters. The highest BCUT2D eigenvalue weighted by Gasteiger charge is 2.23. The van der Waals surface area contributed by atoms with Gasteiger partial charge in [0, 0.05) is 24.9 Å². The number of carbonyl (C=O) groups excluding carboxylic acids is 2. The van der Waals surface area contributed by atoms with Crippen LogP contribution in [0.15, 0.2) is 42.5 Å². The van der Waals surface area contributed by atoms with Crippen LogP contribution in [0.4, 0.5) is 0 Å². The van der Waals surface area contributed by atoms with Crippen LogP contribution in [0.3, 0.4) is 0 Å². The van der Waals surface area contributed by atoms with Crippen LogP contribution in [0.2, 0.25) is 0 Å². The topological polar surface area (TPSA) is 63.4 Å². The largest absolute Gasteiger partial charge is 0.366 e. The normalized spacial score (nSPS) is 18.1. The molecule has 1 aliphatic carbocycles. The Kier molecular flexibility index (Phi) is 6.63. The Morgan fingerprint density at radius 1 is 0.933 bits per heavy atom. The number of Topliss-reactive ketones (excluding diaryl/α,β-unsaturated/α-hetero) is 1. The van der Waals surface area contributed by atoms with Crippen molar-refractivity contribution in [2.75, 3.05) is 13.1 Å². The third-order valence-electron chi connectivity index (χ3n) is 6.72. The lowest BCUT2D eigenvalue weighted by atomic mass is 9.80. The van der Waals surface area contributed by atoms with Gasteiger partial charge < -0.3 is 5.73 Å². The number of hydrogen-bond acceptors (Lipinski definition) is 3. The summed E-state index contributed by atoms with van der Waals surface area (Å²) in [6.45, 7) is 3.48. The van der Waals surface area contributed by atoms with Gasteiger partial charge in [-0.3, -0.25) is 14.5 Å². The maximum Gasteiger partial charge on any atom is 0.248 e. The third kappa shape index (κ3) is 5.17. The van der Waals surface area contributed by atoms with Gasteiger partial charge in [-0.15, -0.1) is 0 Å². The first kappa shape index (κ1) is 20.8. The summed E-state index contributed by atoms with van der Waals surface area (Å²) in [5.74, 6) is 0.394. The zero-order valence-electron chi connectivity index (χ0n) is 17.7. The molecular weight excluding hydrogens is 372 g/mol. The molecule has 0 spiro atoms. The lowest BCUT2D eigenvalue weighted by Gasteiger charge is -2.24. The molecule has 1 saturated carbocycles. The van der Waals surface area contributed by atoms with Crippen LogP contribution < -0.4 is 5.73 Å². The fraction of sp³-hybridized carbons (Fsp3) is 0.462. The molecule has 30 heavy (non-hydrogen) atoms. The Hall–Kier alpha value is -2.46. The van der Waals surface area contributed by atoms with Crippen LogP contribution in [-0.2, 0) is 24.2 Å². The fourth-order valence-electron chi connectivity index (χ4n) is 4.91. The maximum absolute atomic E-state index is 11.7. The van der Waals surface area contributed by atoms with Crippen molar-refractivity contribution in [1.82, 2.24) is 4.90 Å². The molecular formula is C26H32N2O2. The summed E-state index contributed by atoms with van der Waals surface area (Å²) in [7, 11) is 0. The van der Waals surface area contributed by atoms with E-state index in [4.69, 9.17) is 5.73 Å². The van der Waals surface area contributed by atoms with E-state index in [0.29, 0.717) is 30.1 Å². The van der Waals surface area contributed by atoms with Gasteiger partial charge in [0.25, 0.3) is 0 Å². The minimum Gasteiger partial charge on any atom is -0.366 e. The van der Waals surface area contributed by atoms with Gasteiger partial charge in [-0.25, -0.2) is 0 Å². The maximum atomic E-state index is 11.7. The summed E-state index contributed by atoms with van der Waals surface area (Å²) in [5, 5.41) is 0. The van der Waals surface area contributed by atoms with Gasteiger partial charge >= 0.3 is 0 Å². The second kappa shape index (κ2) is 9.57. The van der Waals surface area contributed by atoms with E-state index in [1.165, 1.54) is 48.2 Å². The van der Waals surface area contributed by atoms with E-state index in [1.54, 1.807) is 0 Å². The predicted octanol–water partition coefficient (Wildman–Crippen LogP) is 4.39. The first-order valence-electron chi connectivity index (χ1n) is 11.3. The quantitative estimate of drug-likeness (QED) is 0.744. The van der Waals surface area contributed by atoms with E-state index in [2.05, 4.69) is 35.2 Å². The predicted molar refractivity (Wildman–Crippen MR) is 120 cm³/mol. The van der Waals surface area contributed by atoms with Crippen LogP contribution in [0.1, 0.15) is 77.1 Å². The monoisotopic (exact) mass is 404 g/mol. The summed E-state index contributed by atoms with van der Waals surface area (Å²) in [4.78, 5) is 25.9. The van der Waals surface area contributed by atoms with Crippen molar-refractivity contribution in [1.29, 1.82) is 0 Å². The van der Waals surface area contributed by atoms with Crippen LogP contribution in [0.5, 0.6) is 0 Å². The van der Waals surface area contributed by atoms with Gasteiger partial charge in [0.1, 0.15) is 5.78 Å². The van der Waals surface area contributed by atoms with Gasteiger partial charge in [0.15, 0.2) is 0 Å². The highest BCUT2D eigenvalue weighted by molar-refractivity contribution is 5.93. The van der Waals surface area contributed by atoms with Gasteiger partial charge in [-0.2, -0.15) is 0 Å². The van der Waals surface area contributed by atoms with Crippen molar-refractivity contribution in [2.24, 2.45) is 5.73 Å². The zero-order valence-corrected chi connectivity index (χ0v) is 17.7. The summed E-state index contributed by atoms with van der Waals surface area (Å²) in [6, 6.07) is 14.8. The standard InChI is InChI=1S/C26H32N2O2/c27-26(30)23-11-14-25(21-9-12-24(29)13-10-21)22(17-23)8-7-19-3-5-20(6-4-19)18-28-15-1-2-16-28/h3-6,11,14,17,21H,1-2,7-10,12-13,15-16,18H2,(H2,27,30). The smallest absolute Gasteiger partial charge is 0.248 e. The van der Waals surface area contributed by atoms with E-state index in [-0.39, 0.29) is 5.91 Å². The molecule has 0 radical (unpaired) electrons. The van der Waals surface area contributed by atoms with E-state index < -0.39 is 0 Å². The Balaban J connectivity index is 1.45. The summed E-state index contributed by atoms with van der Waals surface area (Å²) >= 11 is 0. The number of likely N-dealkylation sites (tertiary alicyclic amines) is 1. The third-order valence-corrected chi connectivity index (χ3v) is 6.72. The number of hydrogen-bond donors (Lipinski definition) is 1. The molecule has 1 saturated heterocycles. The average molecular weight is 405 g/mol. The van der Waals surface area contributed by atoms with Crippen LogP contribution >= 0.6 is 0 Å². The minimum atomic E-state index is -0.382. The molecule has 1 heterocycles. The number of amides is 1. The van der Waals surface area contributed by atoms with Crippen LogP contribution in [-0.4, -0.2) is 29.7 Å². The Morgan fingerprint density at radius 2 is 1.60 bits per heavy atom. The molecule has 0 unspecified atom stereocenters. The second-order valence-electron chi connectivity index (χ2n) is 8.89. The Labute approximate surface area is 179 Å². The number of carbonyl (C=O) groups is 2. The first-order valence-corrected chi connectivity index (χ1v) is 11.3.